The van der Waals surface area contributed by atoms with E-state index in [1.165, 1.54) is 53.9 Å². The summed E-state index contributed by atoms with van der Waals surface area (Å²) in [6, 6.07) is 10.1. The van der Waals surface area contributed by atoms with Gasteiger partial charge in [0, 0.05) is 19.2 Å². The predicted octanol–water partition coefficient (Wildman–Crippen LogP) is 3.27. The van der Waals surface area contributed by atoms with Crippen LogP contribution in [-0.4, -0.2) is 38.8 Å². The number of hydrogen-bond acceptors (Lipinski definition) is 4. The van der Waals surface area contributed by atoms with Crippen molar-refractivity contribution >= 4 is 27.7 Å². The third-order valence-electron chi connectivity index (χ3n) is 4.43. The van der Waals surface area contributed by atoms with Crippen LogP contribution in [-0.2, 0) is 14.8 Å². The van der Waals surface area contributed by atoms with Crippen LogP contribution in [0.25, 0.3) is 6.08 Å². The van der Waals surface area contributed by atoms with Gasteiger partial charge in [-0.05, 0) is 54.8 Å². The average molecular weight is 404 g/mol. The Morgan fingerprint density at radius 3 is 2.46 bits per heavy atom. The van der Waals surface area contributed by atoms with Crippen LogP contribution in [0, 0.1) is 5.82 Å². The van der Waals surface area contributed by atoms with Crippen molar-refractivity contribution in [2.24, 2.45) is 0 Å². The van der Waals surface area contributed by atoms with Crippen LogP contribution in [0.4, 0.5) is 10.1 Å². The fourth-order valence-electron chi connectivity index (χ4n) is 2.94. The van der Waals surface area contributed by atoms with Gasteiger partial charge >= 0.3 is 0 Å². The van der Waals surface area contributed by atoms with Gasteiger partial charge in [0.25, 0.3) is 0 Å². The number of carbonyl (C=O) groups is 1. The number of sulfonamides is 1. The Labute approximate surface area is 163 Å². The van der Waals surface area contributed by atoms with Gasteiger partial charge < -0.3 is 10.1 Å². The van der Waals surface area contributed by atoms with E-state index in [1.54, 1.807) is 12.1 Å². The van der Waals surface area contributed by atoms with Crippen molar-refractivity contribution in [1.29, 1.82) is 0 Å². The standard InChI is InChI=1S/C20H21FN2O4S/c1-27-19-10-9-17(28(25,26)23-12-2-3-13-23)14-18(19)22-20(24)11-6-15-4-7-16(21)8-5-15/h4-11,14H,2-3,12-13H2,1H3,(H,22,24)/b11-6+. The van der Waals surface area contributed by atoms with E-state index >= 15 is 0 Å². The van der Waals surface area contributed by atoms with Gasteiger partial charge in [-0.1, -0.05) is 12.1 Å². The summed E-state index contributed by atoms with van der Waals surface area (Å²) in [5.41, 5.74) is 0.922. The summed E-state index contributed by atoms with van der Waals surface area (Å²) < 4.78 is 45.1. The molecule has 2 aromatic rings. The molecule has 8 heteroatoms. The molecule has 6 nitrogen and oxygen atoms in total. The van der Waals surface area contributed by atoms with Crippen LogP contribution in [0.15, 0.2) is 53.4 Å². The number of hydrogen-bond donors (Lipinski definition) is 1. The molecule has 1 amide bonds. The monoisotopic (exact) mass is 404 g/mol. The number of methoxy groups -OCH3 is 1. The molecule has 28 heavy (non-hydrogen) atoms. The van der Waals surface area contributed by atoms with E-state index in [-0.39, 0.29) is 16.4 Å². The Morgan fingerprint density at radius 1 is 1.14 bits per heavy atom. The highest BCUT2D eigenvalue weighted by molar-refractivity contribution is 7.89. The molecule has 1 aliphatic rings. The quantitative estimate of drug-likeness (QED) is 0.750. The summed E-state index contributed by atoms with van der Waals surface area (Å²) in [7, 11) is -2.17. The lowest BCUT2D eigenvalue weighted by molar-refractivity contribution is -0.111. The molecule has 1 fully saturated rings. The van der Waals surface area contributed by atoms with Gasteiger partial charge in [0.2, 0.25) is 15.9 Å². The highest BCUT2D eigenvalue weighted by Gasteiger charge is 2.28. The molecule has 1 aliphatic heterocycles. The Kier molecular flexibility index (Phi) is 6.11. The van der Waals surface area contributed by atoms with Gasteiger partial charge in [0.15, 0.2) is 0 Å². The Balaban J connectivity index is 1.80. The molecule has 1 heterocycles. The zero-order valence-corrected chi connectivity index (χ0v) is 16.2. The summed E-state index contributed by atoms with van der Waals surface area (Å²) in [6.45, 7) is 0.993. The zero-order valence-electron chi connectivity index (χ0n) is 15.4. The van der Waals surface area contributed by atoms with Gasteiger partial charge in [-0.3, -0.25) is 4.79 Å². The second-order valence-corrected chi connectivity index (χ2v) is 8.29. The van der Waals surface area contributed by atoms with Gasteiger partial charge in [0.1, 0.15) is 11.6 Å². The lowest BCUT2D eigenvalue weighted by Gasteiger charge is -2.17. The Hall–Kier alpha value is -2.71. The Bertz CT molecular complexity index is 982. The predicted molar refractivity (Wildman–Crippen MR) is 105 cm³/mol. The first-order valence-corrected chi connectivity index (χ1v) is 10.3. The Morgan fingerprint density at radius 2 is 1.82 bits per heavy atom. The molecule has 0 spiro atoms. The second-order valence-electron chi connectivity index (χ2n) is 6.35. The summed E-state index contributed by atoms with van der Waals surface area (Å²) in [5.74, 6) is -0.468. The van der Waals surface area contributed by atoms with E-state index in [0.29, 0.717) is 24.4 Å². The summed E-state index contributed by atoms with van der Waals surface area (Å²) in [5, 5.41) is 2.64. The normalized spacial score (nSPS) is 15.1. The number of nitrogens with zero attached hydrogens (tertiary/aromatic N) is 1. The first-order valence-electron chi connectivity index (χ1n) is 8.83. The van der Waals surface area contributed by atoms with E-state index in [9.17, 15) is 17.6 Å². The third-order valence-corrected chi connectivity index (χ3v) is 6.32. The molecule has 0 bridgehead atoms. The van der Waals surface area contributed by atoms with Crippen molar-refractivity contribution in [2.45, 2.75) is 17.7 Å². The molecule has 3 rings (SSSR count). The van der Waals surface area contributed by atoms with Crippen LogP contribution < -0.4 is 10.1 Å². The van der Waals surface area contributed by atoms with Crippen molar-refractivity contribution in [2.75, 3.05) is 25.5 Å². The summed E-state index contributed by atoms with van der Waals surface area (Å²) in [4.78, 5) is 12.4. The largest absolute Gasteiger partial charge is 0.495 e. The molecule has 0 radical (unpaired) electrons. The van der Waals surface area contributed by atoms with E-state index in [4.69, 9.17) is 4.74 Å². The second kappa shape index (κ2) is 8.53. The molecule has 2 aromatic carbocycles. The van der Waals surface area contributed by atoms with E-state index < -0.39 is 15.9 Å². The fourth-order valence-corrected chi connectivity index (χ4v) is 4.49. The number of anilines is 1. The van der Waals surface area contributed by atoms with Gasteiger partial charge in [0.05, 0.1) is 17.7 Å². The van der Waals surface area contributed by atoms with Crippen molar-refractivity contribution in [3.63, 3.8) is 0 Å². The lowest BCUT2D eigenvalue weighted by Crippen LogP contribution is -2.28. The van der Waals surface area contributed by atoms with Crippen LogP contribution in [0.3, 0.4) is 0 Å². The van der Waals surface area contributed by atoms with E-state index in [2.05, 4.69) is 5.32 Å². The molecular formula is C20H21FN2O4S. The fraction of sp³-hybridized carbons (Fsp3) is 0.250. The molecule has 0 atom stereocenters. The summed E-state index contributed by atoms with van der Waals surface area (Å²) in [6.07, 6.45) is 4.50. The van der Waals surface area contributed by atoms with Gasteiger partial charge in [-0.2, -0.15) is 4.31 Å². The maximum absolute atomic E-state index is 12.9. The van der Waals surface area contributed by atoms with Gasteiger partial charge in [-0.15, -0.1) is 0 Å². The minimum absolute atomic E-state index is 0.105. The topological polar surface area (TPSA) is 75.7 Å². The maximum Gasteiger partial charge on any atom is 0.248 e. The number of carbonyl (C=O) groups excluding carboxylic acids is 1. The van der Waals surface area contributed by atoms with Crippen molar-refractivity contribution in [1.82, 2.24) is 4.31 Å². The van der Waals surface area contributed by atoms with Crippen LogP contribution >= 0.6 is 0 Å². The van der Waals surface area contributed by atoms with Crippen LogP contribution in [0.1, 0.15) is 18.4 Å². The summed E-state index contributed by atoms with van der Waals surface area (Å²) >= 11 is 0. The number of ether oxygens (including phenoxy) is 1. The number of amides is 1. The van der Waals surface area contributed by atoms with Crippen LogP contribution in [0.5, 0.6) is 5.75 Å². The third kappa shape index (κ3) is 4.58. The van der Waals surface area contributed by atoms with Crippen molar-refractivity contribution in [3.05, 3.63) is 59.9 Å². The minimum atomic E-state index is -3.61. The zero-order chi connectivity index (χ0) is 20.1. The molecule has 1 N–H and O–H groups in total. The maximum atomic E-state index is 12.9. The molecule has 0 unspecified atom stereocenters. The number of halogens is 1. The van der Waals surface area contributed by atoms with Gasteiger partial charge in [-0.25, -0.2) is 12.8 Å². The molecule has 0 aromatic heterocycles. The average Bonchev–Trinajstić information content (AvgIpc) is 3.23. The van der Waals surface area contributed by atoms with Crippen LogP contribution in [0.2, 0.25) is 0 Å². The highest BCUT2D eigenvalue weighted by atomic mass is 32.2. The highest BCUT2D eigenvalue weighted by Crippen LogP contribution is 2.30. The first-order chi connectivity index (χ1) is 13.4. The number of rotatable bonds is 6. The molecular weight excluding hydrogens is 383 g/mol. The van der Waals surface area contributed by atoms with Crippen molar-refractivity contribution < 1.29 is 22.3 Å². The SMILES string of the molecule is COc1ccc(S(=O)(=O)N2CCCC2)cc1NC(=O)/C=C/c1ccc(F)cc1. The minimum Gasteiger partial charge on any atom is -0.495 e. The molecule has 0 saturated carbocycles. The van der Waals surface area contributed by atoms with Crippen molar-refractivity contribution in [3.8, 4) is 5.75 Å². The lowest BCUT2D eigenvalue weighted by atomic mass is 10.2. The molecule has 148 valence electrons. The van der Waals surface area contributed by atoms with E-state index in [1.807, 2.05) is 0 Å². The molecule has 0 aliphatic carbocycles. The first kappa shape index (κ1) is 20.0. The number of benzene rings is 2. The number of nitrogens with one attached hydrogen (secondary N) is 1. The van der Waals surface area contributed by atoms with E-state index in [0.717, 1.165) is 12.8 Å². The smallest absolute Gasteiger partial charge is 0.248 e. The molecule has 1 saturated heterocycles.